The second kappa shape index (κ2) is 8.75. The van der Waals surface area contributed by atoms with Gasteiger partial charge in [0.05, 0.1) is 11.3 Å². The first-order chi connectivity index (χ1) is 14.3. The van der Waals surface area contributed by atoms with E-state index in [-0.39, 0.29) is 5.91 Å². The molecule has 1 amide bonds. The number of pyridine rings is 1. The number of hydrogen-bond acceptors (Lipinski definition) is 6. The summed E-state index contributed by atoms with van der Waals surface area (Å²) in [6.07, 6.45) is 8.44. The first-order valence-electron chi connectivity index (χ1n) is 9.16. The predicted octanol–water partition coefficient (Wildman–Crippen LogP) is 2.57. The molecule has 3 aromatic heterocycles. The number of nitrogens with zero attached hydrogens (tertiary/aromatic N) is 5. The van der Waals surface area contributed by atoms with Crippen LogP contribution >= 0.6 is 0 Å². The molecule has 0 unspecified atom stereocenters. The molecule has 29 heavy (non-hydrogen) atoms. The standard InChI is InChI=1S/C21H19N7O/c29-20(23-12-13-26-21-24-10-5-11-25-21)18-15-28(17-7-2-1-3-8-17)27-19(18)16-6-4-9-22-14-16/h1-11,14-15H,12-13H2,(H,23,29)(H,24,25,26). The maximum absolute atomic E-state index is 12.9. The van der Waals surface area contributed by atoms with E-state index in [1.54, 1.807) is 41.7 Å². The van der Waals surface area contributed by atoms with E-state index >= 15 is 0 Å². The van der Waals surface area contributed by atoms with Gasteiger partial charge in [-0.15, -0.1) is 0 Å². The second-order valence-electron chi connectivity index (χ2n) is 6.17. The highest BCUT2D eigenvalue weighted by Gasteiger charge is 2.18. The third-order valence-corrected chi connectivity index (χ3v) is 4.17. The summed E-state index contributed by atoms with van der Waals surface area (Å²) in [5, 5.41) is 10.6. The highest BCUT2D eigenvalue weighted by atomic mass is 16.1. The summed E-state index contributed by atoms with van der Waals surface area (Å²) in [5.74, 6) is 0.316. The van der Waals surface area contributed by atoms with E-state index in [9.17, 15) is 4.79 Å². The molecule has 4 aromatic rings. The Bertz CT molecular complexity index is 1070. The quantitative estimate of drug-likeness (QED) is 0.475. The maximum atomic E-state index is 12.9. The zero-order chi connectivity index (χ0) is 19.9. The molecular formula is C21H19N7O. The van der Waals surface area contributed by atoms with E-state index in [0.717, 1.165) is 11.3 Å². The number of para-hydroxylation sites is 1. The van der Waals surface area contributed by atoms with Crippen molar-refractivity contribution < 1.29 is 4.79 Å². The van der Waals surface area contributed by atoms with Gasteiger partial charge >= 0.3 is 0 Å². The molecule has 0 aliphatic rings. The van der Waals surface area contributed by atoms with E-state index in [1.165, 1.54) is 0 Å². The average molecular weight is 385 g/mol. The highest BCUT2D eigenvalue weighted by molar-refractivity contribution is 5.99. The Morgan fingerprint density at radius 3 is 2.52 bits per heavy atom. The number of nitrogens with one attached hydrogen (secondary N) is 2. The van der Waals surface area contributed by atoms with Gasteiger partial charge in [0.1, 0.15) is 5.69 Å². The number of hydrogen-bond donors (Lipinski definition) is 2. The Balaban J connectivity index is 1.51. The van der Waals surface area contributed by atoms with Crippen LogP contribution in [0.25, 0.3) is 16.9 Å². The molecule has 0 radical (unpaired) electrons. The molecule has 0 saturated heterocycles. The average Bonchev–Trinajstić information content (AvgIpc) is 3.24. The minimum absolute atomic E-state index is 0.207. The molecule has 0 bridgehead atoms. The SMILES string of the molecule is O=C(NCCNc1ncccn1)c1cn(-c2ccccc2)nc1-c1cccnc1. The summed E-state index contributed by atoms with van der Waals surface area (Å²) in [5.41, 5.74) is 2.72. The van der Waals surface area contributed by atoms with E-state index in [2.05, 4.69) is 30.7 Å². The molecule has 0 aliphatic carbocycles. The van der Waals surface area contributed by atoms with Crippen LogP contribution in [0.1, 0.15) is 10.4 Å². The highest BCUT2D eigenvalue weighted by Crippen LogP contribution is 2.23. The van der Waals surface area contributed by atoms with Crippen molar-refractivity contribution in [1.82, 2.24) is 30.0 Å². The van der Waals surface area contributed by atoms with Crippen LogP contribution < -0.4 is 10.6 Å². The molecule has 0 fully saturated rings. The lowest BCUT2D eigenvalue weighted by Gasteiger charge is -2.06. The van der Waals surface area contributed by atoms with Gasteiger partial charge in [-0.05, 0) is 30.3 Å². The Morgan fingerprint density at radius 1 is 0.931 bits per heavy atom. The van der Waals surface area contributed by atoms with Crippen LogP contribution in [0.5, 0.6) is 0 Å². The van der Waals surface area contributed by atoms with Crippen LogP contribution in [0, 0.1) is 0 Å². The van der Waals surface area contributed by atoms with Crippen LogP contribution in [-0.4, -0.2) is 43.7 Å². The van der Waals surface area contributed by atoms with E-state index < -0.39 is 0 Å². The minimum Gasteiger partial charge on any atom is -0.352 e. The second-order valence-corrected chi connectivity index (χ2v) is 6.17. The van der Waals surface area contributed by atoms with Crippen molar-refractivity contribution in [2.24, 2.45) is 0 Å². The molecule has 8 heteroatoms. The predicted molar refractivity (Wildman–Crippen MR) is 110 cm³/mol. The van der Waals surface area contributed by atoms with Crippen molar-refractivity contribution in [3.63, 3.8) is 0 Å². The molecule has 0 spiro atoms. The van der Waals surface area contributed by atoms with Crippen LogP contribution in [0.2, 0.25) is 0 Å². The van der Waals surface area contributed by atoms with Crippen molar-refractivity contribution in [2.75, 3.05) is 18.4 Å². The van der Waals surface area contributed by atoms with Crippen LogP contribution in [0.15, 0.2) is 79.5 Å². The topological polar surface area (TPSA) is 97.6 Å². The van der Waals surface area contributed by atoms with Crippen molar-refractivity contribution in [1.29, 1.82) is 0 Å². The first kappa shape index (κ1) is 18.3. The fourth-order valence-electron chi connectivity index (χ4n) is 2.81. The van der Waals surface area contributed by atoms with Gasteiger partial charge in [-0.3, -0.25) is 9.78 Å². The maximum Gasteiger partial charge on any atom is 0.255 e. The third kappa shape index (κ3) is 4.44. The van der Waals surface area contributed by atoms with Crippen LogP contribution in [0.3, 0.4) is 0 Å². The number of benzene rings is 1. The van der Waals surface area contributed by atoms with Gasteiger partial charge in [0.15, 0.2) is 0 Å². The van der Waals surface area contributed by atoms with Gasteiger partial charge in [-0.1, -0.05) is 18.2 Å². The molecule has 2 N–H and O–H groups in total. The zero-order valence-electron chi connectivity index (χ0n) is 15.6. The van der Waals surface area contributed by atoms with E-state index in [1.807, 2.05) is 42.5 Å². The van der Waals surface area contributed by atoms with Gasteiger partial charge < -0.3 is 10.6 Å². The summed E-state index contributed by atoms with van der Waals surface area (Å²) in [4.78, 5) is 25.2. The van der Waals surface area contributed by atoms with Gasteiger partial charge in [-0.2, -0.15) is 5.10 Å². The number of aromatic nitrogens is 5. The normalized spacial score (nSPS) is 10.5. The lowest BCUT2D eigenvalue weighted by atomic mass is 10.1. The fraction of sp³-hybridized carbons (Fsp3) is 0.0952. The van der Waals surface area contributed by atoms with Gasteiger partial charge in [-0.25, -0.2) is 14.6 Å². The van der Waals surface area contributed by atoms with Crippen molar-refractivity contribution >= 4 is 11.9 Å². The van der Waals surface area contributed by atoms with Gasteiger partial charge in [0, 0.05) is 49.6 Å². The number of carbonyl (C=O) groups is 1. The number of amides is 1. The van der Waals surface area contributed by atoms with Crippen molar-refractivity contribution in [2.45, 2.75) is 0 Å². The monoisotopic (exact) mass is 385 g/mol. The van der Waals surface area contributed by atoms with Crippen LogP contribution in [-0.2, 0) is 0 Å². The van der Waals surface area contributed by atoms with E-state index in [4.69, 9.17) is 0 Å². The summed E-state index contributed by atoms with van der Waals surface area (Å²) in [7, 11) is 0. The first-order valence-corrected chi connectivity index (χ1v) is 9.16. The lowest BCUT2D eigenvalue weighted by molar-refractivity contribution is 0.0956. The molecule has 4 rings (SSSR count). The van der Waals surface area contributed by atoms with Crippen LogP contribution in [0.4, 0.5) is 5.95 Å². The molecule has 0 atom stereocenters. The third-order valence-electron chi connectivity index (χ3n) is 4.17. The Labute approximate surface area is 167 Å². The molecule has 8 nitrogen and oxygen atoms in total. The van der Waals surface area contributed by atoms with Gasteiger partial charge in [0.2, 0.25) is 5.95 Å². The molecule has 144 valence electrons. The van der Waals surface area contributed by atoms with Crippen molar-refractivity contribution in [3.8, 4) is 16.9 Å². The molecular weight excluding hydrogens is 366 g/mol. The number of rotatable bonds is 7. The zero-order valence-corrected chi connectivity index (χ0v) is 15.6. The molecule has 0 saturated carbocycles. The molecule has 1 aromatic carbocycles. The Hall–Kier alpha value is -4.07. The molecule has 3 heterocycles. The fourth-order valence-corrected chi connectivity index (χ4v) is 2.81. The number of carbonyl (C=O) groups excluding carboxylic acids is 1. The number of anilines is 1. The Morgan fingerprint density at radius 2 is 1.76 bits per heavy atom. The Kier molecular flexibility index (Phi) is 5.52. The lowest BCUT2D eigenvalue weighted by Crippen LogP contribution is -2.29. The largest absolute Gasteiger partial charge is 0.352 e. The summed E-state index contributed by atoms with van der Waals surface area (Å²) >= 11 is 0. The minimum atomic E-state index is -0.207. The summed E-state index contributed by atoms with van der Waals surface area (Å²) in [6, 6.07) is 15.1. The summed E-state index contributed by atoms with van der Waals surface area (Å²) in [6.45, 7) is 0.922. The van der Waals surface area contributed by atoms with E-state index in [0.29, 0.717) is 30.3 Å². The smallest absolute Gasteiger partial charge is 0.255 e. The summed E-state index contributed by atoms with van der Waals surface area (Å²) < 4.78 is 1.70. The van der Waals surface area contributed by atoms with Gasteiger partial charge in [0.25, 0.3) is 5.91 Å². The van der Waals surface area contributed by atoms with Crippen molar-refractivity contribution in [3.05, 3.63) is 85.1 Å². The molecule has 0 aliphatic heterocycles.